The van der Waals surface area contributed by atoms with Crippen LogP contribution < -0.4 is 10.2 Å². The Kier molecular flexibility index (Phi) is 5.07. The molecule has 1 N–H and O–H groups in total. The van der Waals surface area contributed by atoms with Gasteiger partial charge in [0.15, 0.2) is 5.17 Å². The fourth-order valence-electron chi connectivity index (χ4n) is 3.71. The molecule has 3 amide bonds. The Morgan fingerprint density at radius 2 is 1.87 bits per heavy atom. The van der Waals surface area contributed by atoms with E-state index in [4.69, 9.17) is 0 Å². The minimum absolute atomic E-state index is 0.227. The number of hydrogen-bond donors (Lipinski definition) is 1. The topological polar surface area (TPSA) is 95.0 Å². The van der Waals surface area contributed by atoms with Gasteiger partial charge in [0.2, 0.25) is 16.7 Å². The fraction of sp³-hybridized carbons (Fsp3) is 0.286. The van der Waals surface area contributed by atoms with Crippen molar-refractivity contribution in [1.82, 2.24) is 15.3 Å². The van der Waals surface area contributed by atoms with E-state index in [2.05, 4.69) is 15.4 Å². The number of carbonyl (C=O) groups is 3. The highest BCUT2D eigenvalue weighted by Gasteiger charge is 2.61. The van der Waals surface area contributed by atoms with Crippen molar-refractivity contribution in [3.8, 4) is 0 Å². The van der Waals surface area contributed by atoms with Crippen molar-refractivity contribution in [1.29, 1.82) is 0 Å². The first-order valence-electron chi connectivity index (χ1n) is 9.57. The third-order valence-corrected chi connectivity index (χ3v) is 6.30. The van der Waals surface area contributed by atoms with Gasteiger partial charge >= 0.3 is 0 Å². The molecule has 4 rings (SSSR count). The molecule has 0 aliphatic carbocycles. The number of carbonyl (C=O) groups excluding carboxylic acids is 3. The van der Waals surface area contributed by atoms with E-state index in [1.807, 2.05) is 37.3 Å². The van der Waals surface area contributed by atoms with Gasteiger partial charge in [-0.25, -0.2) is 0 Å². The number of aryl methyl sites for hydroxylation is 1. The van der Waals surface area contributed by atoms with Gasteiger partial charge in [-0.3, -0.25) is 19.4 Å². The number of anilines is 1. The predicted molar refractivity (Wildman–Crippen MR) is 114 cm³/mol. The maximum atomic E-state index is 13.8. The number of benzene rings is 1. The number of amidine groups is 1. The van der Waals surface area contributed by atoms with E-state index in [0.717, 1.165) is 35.0 Å². The molecule has 0 bridgehead atoms. The highest BCUT2D eigenvalue weighted by molar-refractivity contribution is 8.15. The number of nitrogens with one attached hydrogen (secondary N) is 1. The molecule has 2 aromatic rings. The quantitative estimate of drug-likeness (QED) is 0.818. The zero-order chi connectivity index (χ0) is 21.5. The number of rotatable bonds is 3. The van der Waals surface area contributed by atoms with Crippen LogP contribution in [0.3, 0.4) is 0 Å². The lowest BCUT2D eigenvalue weighted by Crippen LogP contribution is -2.48. The number of hydrogen-bond acceptors (Lipinski definition) is 6. The van der Waals surface area contributed by atoms with E-state index in [1.165, 1.54) is 18.9 Å². The third kappa shape index (κ3) is 3.15. The number of aromatic nitrogens is 1. The van der Waals surface area contributed by atoms with E-state index in [1.54, 1.807) is 17.3 Å². The number of amides is 3. The molecule has 1 atom stereocenters. The van der Waals surface area contributed by atoms with Gasteiger partial charge < -0.3 is 10.2 Å². The highest BCUT2D eigenvalue weighted by atomic mass is 32.2. The minimum atomic E-state index is -1.38. The summed E-state index contributed by atoms with van der Waals surface area (Å²) in [5.74, 6) is -0.967. The first kappa shape index (κ1) is 20.1. The van der Waals surface area contributed by atoms with Crippen LogP contribution in [-0.2, 0) is 32.2 Å². The van der Waals surface area contributed by atoms with Crippen LogP contribution in [0.15, 0.2) is 47.8 Å². The Balaban J connectivity index is 1.85. The van der Waals surface area contributed by atoms with Gasteiger partial charge in [-0.15, -0.1) is 5.10 Å². The summed E-state index contributed by atoms with van der Waals surface area (Å²) in [6.07, 6.45) is 4.14. The molecule has 9 heteroatoms. The maximum absolute atomic E-state index is 13.8. The Bertz CT molecular complexity index is 1070. The van der Waals surface area contributed by atoms with Gasteiger partial charge in [-0.2, -0.15) is 5.01 Å². The van der Waals surface area contributed by atoms with Crippen LogP contribution in [0.2, 0.25) is 0 Å². The lowest BCUT2D eigenvalue weighted by molar-refractivity contribution is -0.139. The molecule has 2 aliphatic rings. The number of pyridine rings is 1. The van der Waals surface area contributed by atoms with E-state index in [9.17, 15) is 14.4 Å². The van der Waals surface area contributed by atoms with Crippen molar-refractivity contribution in [2.24, 2.45) is 5.10 Å². The van der Waals surface area contributed by atoms with E-state index in [-0.39, 0.29) is 22.9 Å². The zero-order valence-corrected chi connectivity index (χ0v) is 17.7. The number of thioether (sulfide) groups is 1. The molecule has 0 unspecified atom stereocenters. The SMILES string of the molecule is CCc1ccc2c(c1)[C@]1(SC(NC(C)=O)=NN1C(C)=O)C(=O)N2Cc1ccncc1. The van der Waals surface area contributed by atoms with Crippen LogP contribution in [-0.4, -0.2) is 32.9 Å². The monoisotopic (exact) mass is 423 g/mol. The summed E-state index contributed by atoms with van der Waals surface area (Å²) in [6.45, 7) is 5.10. The summed E-state index contributed by atoms with van der Waals surface area (Å²) in [4.78, 5) is 42.3. The first-order chi connectivity index (χ1) is 14.4. The van der Waals surface area contributed by atoms with Crippen molar-refractivity contribution >= 4 is 40.3 Å². The largest absolute Gasteiger partial charge is 0.304 e. The molecule has 0 saturated heterocycles. The van der Waals surface area contributed by atoms with Crippen LogP contribution in [0.25, 0.3) is 0 Å². The van der Waals surface area contributed by atoms with E-state index < -0.39 is 4.87 Å². The van der Waals surface area contributed by atoms with Crippen LogP contribution in [0, 0.1) is 0 Å². The maximum Gasteiger partial charge on any atom is 0.271 e. The first-order valence-corrected chi connectivity index (χ1v) is 10.4. The second-order valence-corrected chi connectivity index (χ2v) is 8.30. The summed E-state index contributed by atoms with van der Waals surface area (Å²) in [7, 11) is 0. The van der Waals surface area contributed by atoms with Gasteiger partial charge in [-0.05, 0) is 53.6 Å². The summed E-state index contributed by atoms with van der Waals surface area (Å²) < 4.78 is 0. The Morgan fingerprint density at radius 3 is 2.50 bits per heavy atom. The molecule has 0 fully saturated rings. The molecule has 3 heterocycles. The zero-order valence-electron chi connectivity index (χ0n) is 16.9. The molecule has 154 valence electrons. The highest BCUT2D eigenvalue weighted by Crippen LogP contribution is 2.55. The molecule has 1 spiro atoms. The minimum Gasteiger partial charge on any atom is -0.304 e. The third-order valence-electron chi connectivity index (χ3n) is 5.06. The molecule has 1 aromatic carbocycles. The smallest absolute Gasteiger partial charge is 0.271 e. The summed E-state index contributed by atoms with van der Waals surface area (Å²) in [5, 5.41) is 8.32. The summed E-state index contributed by atoms with van der Waals surface area (Å²) >= 11 is 1.09. The van der Waals surface area contributed by atoms with Crippen LogP contribution >= 0.6 is 11.8 Å². The predicted octanol–water partition coefficient (Wildman–Crippen LogP) is 2.35. The van der Waals surface area contributed by atoms with Gasteiger partial charge in [0, 0.05) is 31.8 Å². The molecule has 30 heavy (non-hydrogen) atoms. The second-order valence-electron chi connectivity index (χ2n) is 7.12. The summed E-state index contributed by atoms with van der Waals surface area (Å²) in [5.41, 5.74) is 3.39. The average molecular weight is 423 g/mol. The summed E-state index contributed by atoms with van der Waals surface area (Å²) in [6, 6.07) is 9.55. The second kappa shape index (κ2) is 7.56. The van der Waals surface area contributed by atoms with Crippen molar-refractivity contribution in [2.75, 3.05) is 4.90 Å². The van der Waals surface area contributed by atoms with Crippen LogP contribution in [0.1, 0.15) is 37.5 Å². The molecule has 8 nitrogen and oxygen atoms in total. The molecule has 1 aromatic heterocycles. The number of nitrogens with zero attached hydrogens (tertiary/aromatic N) is 4. The molecular weight excluding hydrogens is 402 g/mol. The standard InChI is InChI=1S/C21H21N5O3S/c1-4-15-5-6-18-17(11-15)21(19(29)25(18)12-16-7-9-22-10-8-16)26(14(3)28)24-20(30-21)23-13(2)27/h5-11H,4,12H2,1-3H3,(H,23,24,27)/t21-/m0/s1. The van der Waals surface area contributed by atoms with Crippen molar-refractivity contribution in [2.45, 2.75) is 38.6 Å². The van der Waals surface area contributed by atoms with Gasteiger partial charge in [0.05, 0.1) is 12.2 Å². The normalized spacial score (nSPS) is 19.8. The number of hydrazone groups is 1. The van der Waals surface area contributed by atoms with E-state index >= 15 is 0 Å². The van der Waals surface area contributed by atoms with Crippen molar-refractivity contribution in [3.63, 3.8) is 0 Å². The lowest BCUT2D eigenvalue weighted by atomic mass is 10.0. The van der Waals surface area contributed by atoms with Crippen LogP contribution in [0.4, 0.5) is 5.69 Å². The van der Waals surface area contributed by atoms with Crippen LogP contribution in [0.5, 0.6) is 0 Å². The van der Waals surface area contributed by atoms with E-state index in [0.29, 0.717) is 12.1 Å². The van der Waals surface area contributed by atoms with Gasteiger partial charge in [-0.1, -0.05) is 13.0 Å². The Morgan fingerprint density at radius 1 is 1.13 bits per heavy atom. The average Bonchev–Trinajstić information content (AvgIpc) is 3.20. The Labute approximate surface area is 178 Å². The Hall–Kier alpha value is -3.20. The molecule has 2 aliphatic heterocycles. The fourth-order valence-corrected chi connectivity index (χ4v) is 5.03. The lowest BCUT2D eigenvalue weighted by Gasteiger charge is -2.29. The number of fused-ring (bicyclic) bond motifs is 2. The molecule has 0 saturated carbocycles. The van der Waals surface area contributed by atoms with Gasteiger partial charge in [0.1, 0.15) is 0 Å². The van der Waals surface area contributed by atoms with Crippen molar-refractivity contribution in [3.05, 3.63) is 59.4 Å². The molecular formula is C21H21N5O3S. The van der Waals surface area contributed by atoms with Gasteiger partial charge in [0.25, 0.3) is 5.91 Å². The van der Waals surface area contributed by atoms with Crippen molar-refractivity contribution < 1.29 is 14.4 Å². The molecule has 0 radical (unpaired) electrons.